The monoisotopic (exact) mass is 313 g/mol. The Morgan fingerprint density at radius 1 is 1.22 bits per heavy atom. The molecule has 3 rings (SSSR count). The van der Waals surface area contributed by atoms with Crippen LogP contribution in [0.2, 0.25) is 0 Å². The Bertz CT molecular complexity index is 847. The summed E-state index contributed by atoms with van der Waals surface area (Å²) in [7, 11) is 0. The smallest absolute Gasteiger partial charge is 0.270 e. The van der Waals surface area contributed by atoms with Crippen LogP contribution in [0.5, 0.6) is 0 Å². The number of hydrogen-bond acceptors (Lipinski definition) is 5. The molecule has 7 nitrogen and oxygen atoms in total. The molecule has 0 amide bonds. The topological polar surface area (TPSA) is 111 Å². The fourth-order valence-corrected chi connectivity index (χ4v) is 2.13. The van der Waals surface area contributed by atoms with E-state index >= 15 is 0 Å². The van der Waals surface area contributed by atoms with Crippen LogP contribution in [-0.4, -0.2) is 20.1 Å². The van der Waals surface area contributed by atoms with Crippen LogP contribution in [0.25, 0.3) is 11.4 Å². The number of H-pyrrole nitrogens is 1. The fourth-order valence-electron chi connectivity index (χ4n) is 2.13. The summed E-state index contributed by atoms with van der Waals surface area (Å²) in [5.41, 5.74) is 7.21. The number of halogens is 1. The fraction of sp³-hybridized carbons (Fsp3) is 0.0667. The van der Waals surface area contributed by atoms with Crippen LogP contribution in [0.1, 0.15) is 17.4 Å². The van der Waals surface area contributed by atoms with Crippen molar-refractivity contribution in [1.82, 2.24) is 15.2 Å². The van der Waals surface area contributed by atoms with E-state index in [0.717, 1.165) is 0 Å². The quantitative estimate of drug-likeness (QED) is 0.568. The van der Waals surface area contributed by atoms with Crippen molar-refractivity contribution in [2.75, 3.05) is 0 Å². The van der Waals surface area contributed by atoms with Crippen molar-refractivity contribution in [2.24, 2.45) is 5.73 Å². The molecule has 1 heterocycles. The van der Waals surface area contributed by atoms with Crippen molar-refractivity contribution >= 4 is 5.69 Å². The summed E-state index contributed by atoms with van der Waals surface area (Å²) >= 11 is 0. The van der Waals surface area contributed by atoms with Gasteiger partial charge in [0.05, 0.1) is 11.0 Å². The second-order valence-corrected chi connectivity index (χ2v) is 4.88. The van der Waals surface area contributed by atoms with Crippen molar-refractivity contribution in [3.05, 3.63) is 75.9 Å². The Labute approximate surface area is 130 Å². The first kappa shape index (κ1) is 14.8. The third-order valence-electron chi connectivity index (χ3n) is 3.34. The first-order valence-electron chi connectivity index (χ1n) is 6.73. The van der Waals surface area contributed by atoms with E-state index in [0.29, 0.717) is 22.8 Å². The highest BCUT2D eigenvalue weighted by Crippen LogP contribution is 2.23. The molecule has 8 heteroatoms. The Kier molecular flexibility index (Phi) is 3.82. The Balaban J connectivity index is 1.89. The van der Waals surface area contributed by atoms with Gasteiger partial charge in [0.25, 0.3) is 5.69 Å². The molecule has 3 aromatic rings. The van der Waals surface area contributed by atoms with Gasteiger partial charge in [-0.2, -0.15) is 5.10 Å². The zero-order valence-corrected chi connectivity index (χ0v) is 11.8. The molecule has 1 unspecified atom stereocenters. The van der Waals surface area contributed by atoms with Crippen molar-refractivity contribution in [3.63, 3.8) is 0 Å². The number of hydrogen-bond donors (Lipinski definition) is 2. The number of aromatic nitrogens is 3. The lowest BCUT2D eigenvalue weighted by Gasteiger charge is -2.07. The molecule has 23 heavy (non-hydrogen) atoms. The standard InChI is InChI=1S/C15H12FN5O2/c16-11-6-4-9(5-7-11)13(17)15-18-14(19-20-15)10-2-1-3-12(8-10)21(22)23/h1-8,13H,17H2,(H,18,19,20). The van der Waals surface area contributed by atoms with Crippen LogP contribution in [0, 0.1) is 15.9 Å². The largest absolute Gasteiger partial charge is 0.318 e. The highest BCUT2D eigenvalue weighted by molar-refractivity contribution is 5.58. The molecule has 116 valence electrons. The molecular formula is C15H12FN5O2. The third kappa shape index (κ3) is 3.06. The first-order chi connectivity index (χ1) is 11.0. The first-order valence-corrected chi connectivity index (χ1v) is 6.73. The number of non-ortho nitro benzene ring substituents is 1. The van der Waals surface area contributed by atoms with Gasteiger partial charge in [0.2, 0.25) is 0 Å². The number of nitrogens with two attached hydrogens (primary N) is 1. The van der Waals surface area contributed by atoms with Crippen LogP contribution < -0.4 is 5.73 Å². The molecule has 3 N–H and O–H groups in total. The highest BCUT2D eigenvalue weighted by atomic mass is 19.1. The van der Waals surface area contributed by atoms with Gasteiger partial charge in [-0.05, 0) is 17.7 Å². The molecule has 0 aliphatic rings. The lowest BCUT2D eigenvalue weighted by atomic mass is 10.1. The summed E-state index contributed by atoms with van der Waals surface area (Å²) in [6.45, 7) is 0. The summed E-state index contributed by atoms with van der Waals surface area (Å²) in [6, 6.07) is 11.2. The number of nitrogens with one attached hydrogen (secondary N) is 1. The van der Waals surface area contributed by atoms with E-state index in [9.17, 15) is 14.5 Å². The van der Waals surface area contributed by atoms with E-state index in [-0.39, 0.29) is 11.5 Å². The molecule has 1 aromatic heterocycles. The summed E-state index contributed by atoms with van der Waals surface area (Å²) in [4.78, 5) is 14.6. The van der Waals surface area contributed by atoms with Crippen LogP contribution in [0.3, 0.4) is 0 Å². The van der Waals surface area contributed by atoms with Gasteiger partial charge in [0.15, 0.2) is 5.82 Å². The van der Waals surface area contributed by atoms with E-state index in [1.165, 1.54) is 24.3 Å². The van der Waals surface area contributed by atoms with Crippen LogP contribution in [0.4, 0.5) is 10.1 Å². The second kappa shape index (κ2) is 5.93. The number of aromatic amines is 1. The van der Waals surface area contributed by atoms with Gasteiger partial charge >= 0.3 is 0 Å². The predicted octanol–water partition coefficient (Wildman–Crippen LogP) is 2.57. The number of nitrogens with zero attached hydrogens (tertiary/aromatic N) is 3. The maximum Gasteiger partial charge on any atom is 0.270 e. The molecule has 0 fully saturated rings. The molecule has 0 radical (unpaired) electrons. The predicted molar refractivity (Wildman–Crippen MR) is 80.9 cm³/mol. The summed E-state index contributed by atoms with van der Waals surface area (Å²) in [6.07, 6.45) is 0. The van der Waals surface area contributed by atoms with Crippen molar-refractivity contribution < 1.29 is 9.31 Å². The van der Waals surface area contributed by atoms with Crippen molar-refractivity contribution in [3.8, 4) is 11.4 Å². The van der Waals surface area contributed by atoms with Crippen LogP contribution >= 0.6 is 0 Å². The van der Waals surface area contributed by atoms with Gasteiger partial charge in [-0.3, -0.25) is 15.2 Å². The zero-order chi connectivity index (χ0) is 16.4. The van der Waals surface area contributed by atoms with E-state index in [1.807, 2.05) is 0 Å². The Hall–Kier alpha value is -3.13. The van der Waals surface area contributed by atoms with Gasteiger partial charge in [-0.25, -0.2) is 9.37 Å². The Morgan fingerprint density at radius 3 is 2.65 bits per heavy atom. The van der Waals surface area contributed by atoms with Crippen LogP contribution in [-0.2, 0) is 0 Å². The normalized spacial score (nSPS) is 12.1. The summed E-state index contributed by atoms with van der Waals surface area (Å²) in [5, 5.41) is 17.6. The molecule has 0 saturated carbocycles. The lowest BCUT2D eigenvalue weighted by molar-refractivity contribution is -0.384. The number of rotatable bonds is 4. The van der Waals surface area contributed by atoms with E-state index < -0.39 is 11.0 Å². The number of nitro groups is 1. The van der Waals surface area contributed by atoms with Crippen LogP contribution in [0.15, 0.2) is 48.5 Å². The highest BCUT2D eigenvalue weighted by Gasteiger charge is 2.16. The SMILES string of the molecule is NC(c1ccc(F)cc1)c1nc(-c2cccc([N+](=O)[O-])c2)n[nH]1. The molecule has 0 spiro atoms. The maximum absolute atomic E-state index is 12.9. The number of nitro benzene ring substituents is 1. The molecule has 0 saturated heterocycles. The van der Waals surface area contributed by atoms with Gasteiger partial charge in [-0.1, -0.05) is 24.3 Å². The maximum atomic E-state index is 12.9. The molecule has 0 aliphatic carbocycles. The minimum Gasteiger partial charge on any atom is -0.318 e. The molecule has 1 atom stereocenters. The summed E-state index contributed by atoms with van der Waals surface area (Å²) < 4.78 is 12.9. The van der Waals surface area contributed by atoms with E-state index in [1.54, 1.807) is 24.3 Å². The number of benzene rings is 2. The molecule has 2 aromatic carbocycles. The minimum atomic E-state index is -0.601. The van der Waals surface area contributed by atoms with Crippen molar-refractivity contribution in [2.45, 2.75) is 6.04 Å². The average Bonchev–Trinajstić information content (AvgIpc) is 3.05. The van der Waals surface area contributed by atoms with Gasteiger partial charge in [0, 0.05) is 17.7 Å². The van der Waals surface area contributed by atoms with Gasteiger partial charge < -0.3 is 5.73 Å². The third-order valence-corrected chi connectivity index (χ3v) is 3.34. The minimum absolute atomic E-state index is 0.0447. The Morgan fingerprint density at radius 2 is 1.96 bits per heavy atom. The molecular weight excluding hydrogens is 301 g/mol. The lowest BCUT2D eigenvalue weighted by Crippen LogP contribution is -2.13. The van der Waals surface area contributed by atoms with E-state index in [2.05, 4.69) is 15.2 Å². The average molecular weight is 313 g/mol. The van der Waals surface area contributed by atoms with Gasteiger partial charge in [0.1, 0.15) is 11.6 Å². The molecule has 0 bridgehead atoms. The summed E-state index contributed by atoms with van der Waals surface area (Å²) in [5.74, 6) is 0.343. The second-order valence-electron chi connectivity index (χ2n) is 4.88. The molecule has 0 aliphatic heterocycles. The zero-order valence-electron chi connectivity index (χ0n) is 11.8. The van der Waals surface area contributed by atoms with E-state index in [4.69, 9.17) is 5.73 Å². The van der Waals surface area contributed by atoms with Gasteiger partial charge in [-0.15, -0.1) is 0 Å². The van der Waals surface area contributed by atoms with Crippen molar-refractivity contribution in [1.29, 1.82) is 0 Å².